The van der Waals surface area contributed by atoms with E-state index < -0.39 is 11.6 Å². The van der Waals surface area contributed by atoms with E-state index in [-0.39, 0.29) is 12.1 Å². The maximum Gasteiger partial charge on any atom is 0.202 e. The number of nitrogens with one attached hydrogen (secondary N) is 1. The molecule has 0 radical (unpaired) electrons. The number of benzene rings is 1. The lowest BCUT2D eigenvalue weighted by molar-refractivity contribution is 0.493. The highest BCUT2D eigenvalue weighted by atomic mass is 19.2. The molecule has 3 aromatic heterocycles. The van der Waals surface area contributed by atoms with E-state index in [9.17, 15) is 8.78 Å². The fourth-order valence-electron chi connectivity index (χ4n) is 2.70. The van der Waals surface area contributed by atoms with Crippen LogP contribution in [0.5, 0.6) is 0 Å². The predicted molar refractivity (Wildman–Crippen MR) is 87.8 cm³/mol. The molecule has 8 heteroatoms. The topological polar surface area (TPSA) is 72.3 Å². The molecule has 0 aliphatic rings. The lowest BCUT2D eigenvalue weighted by atomic mass is 10.2. The summed E-state index contributed by atoms with van der Waals surface area (Å²) in [5, 5.41) is 12.2. The van der Waals surface area contributed by atoms with Crippen LogP contribution in [0.2, 0.25) is 0 Å². The lowest BCUT2D eigenvalue weighted by Gasteiger charge is -2.05. The van der Waals surface area contributed by atoms with E-state index in [4.69, 9.17) is 0 Å². The van der Waals surface area contributed by atoms with Crippen molar-refractivity contribution in [2.45, 2.75) is 20.4 Å². The molecule has 1 N–H and O–H groups in total. The number of aromatic nitrogens is 6. The molecule has 4 aromatic rings. The summed E-state index contributed by atoms with van der Waals surface area (Å²) < 4.78 is 29.1. The summed E-state index contributed by atoms with van der Waals surface area (Å²) in [6.07, 6.45) is 0. The summed E-state index contributed by atoms with van der Waals surface area (Å²) in [4.78, 5) is 8.80. The van der Waals surface area contributed by atoms with Crippen LogP contribution in [0, 0.1) is 25.5 Å². The molecule has 3 heterocycles. The Kier molecular flexibility index (Phi) is 3.52. The highest BCUT2D eigenvalue weighted by molar-refractivity contribution is 5.89. The Labute approximate surface area is 141 Å². The molecule has 126 valence electrons. The van der Waals surface area contributed by atoms with E-state index in [0.29, 0.717) is 23.0 Å². The molecule has 4 rings (SSSR count). The molecule has 0 saturated carbocycles. The molecule has 1 aromatic carbocycles. The Morgan fingerprint density at radius 1 is 1.08 bits per heavy atom. The van der Waals surface area contributed by atoms with E-state index in [0.717, 1.165) is 17.1 Å². The first-order valence-electron chi connectivity index (χ1n) is 7.69. The smallest absolute Gasteiger partial charge is 0.202 e. The fourth-order valence-corrected chi connectivity index (χ4v) is 2.70. The summed E-state index contributed by atoms with van der Waals surface area (Å²) in [5.74, 6) is -0.669. The molecule has 0 amide bonds. The van der Waals surface area contributed by atoms with Gasteiger partial charge in [0.15, 0.2) is 17.3 Å². The van der Waals surface area contributed by atoms with Gasteiger partial charge in [0, 0.05) is 11.3 Å². The van der Waals surface area contributed by atoms with Crippen LogP contribution in [0.4, 0.5) is 8.78 Å². The van der Waals surface area contributed by atoms with Crippen molar-refractivity contribution >= 4 is 11.0 Å². The summed E-state index contributed by atoms with van der Waals surface area (Å²) in [7, 11) is 0. The molecule has 6 nitrogen and oxygen atoms in total. The van der Waals surface area contributed by atoms with Crippen molar-refractivity contribution in [2.24, 2.45) is 0 Å². The van der Waals surface area contributed by atoms with Crippen LogP contribution in [-0.4, -0.2) is 29.9 Å². The zero-order valence-corrected chi connectivity index (χ0v) is 13.6. The van der Waals surface area contributed by atoms with Crippen molar-refractivity contribution in [3.05, 3.63) is 59.0 Å². The maximum atomic E-state index is 14.0. The first kappa shape index (κ1) is 15.4. The van der Waals surface area contributed by atoms with E-state index in [1.165, 1.54) is 12.1 Å². The molecule has 0 spiro atoms. The lowest BCUT2D eigenvalue weighted by Crippen LogP contribution is -2.06. The Morgan fingerprint density at radius 2 is 1.92 bits per heavy atom. The van der Waals surface area contributed by atoms with Crippen LogP contribution in [0.25, 0.3) is 22.6 Å². The van der Waals surface area contributed by atoms with Gasteiger partial charge in [0.2, 0.25) is 5.82 Å². The molecule has 0 unspecified atom stereocenters. The van der Waals surface area contributed by atoms with Gasteiger partial charge in [0.25, 0.3) is 0 Å². The number of H-pyrrole nitrogens is 1. The molecule has 0 fully saturated rings. The Hall–Kier alpha value is -3.16. The molecule has 0 saturated heterocycles. The largest absolute Gasteiger partial charge is 0.263 e. The van der Waals surface area contributed by atoms with Crippen LogP contribution in [-0.2, 0) is 6.54 Å². The van der Waals surface area contributed by atoms with Gasteiger partial charge in [-0.1, -0.05) is 12.1 Å². The minimum atomic E-state index is -0.886. The number of hydrogen-bond acceptors (Lipinski definition) is 4. The monoisotopic (exact) mass is 340 g/mol. The van der Waals surface area contributed by atoms with Crippen molar-refractivity contribution in [1.29, 1.82) is 0 Å². The first-order valence-corrected chi connectivity index (χ1v) is 7.69. The average Bonchev–Trinajstić information content (AvgIpc) is 3.16. The molecule has 0 bridgehead atoms. The highest BCUT2D eigenvalue weighted by Gasteiger charge is 2.18. The van der Waals surface area contributed by atoms with Crippen LogP contribution in [0.3, 0.4) is 0 Å². The standard InChI is InChI=1S/C17H14F2N6/c1-9-6-7-12-15(16-21-10(2)22-23-16)24-25(17(12)20-9)8-11-4-3-5-13(18)14(11)19/h3-7H,8H2,1-2H3,(H,21,22,23). The van der Waals surface area contributed by atoms with E-state index >= 15 is 0 Å². The fraction of sp³-hybridized carbons (Fsp3) is 0.176. The van der Waals surface area contributed by atoms with Gasteiger partial charge in [0.1, 0.15) is 11.5 Å². The van der Waals surface area contributed by atoms with Crippen LogP contribution >= 0.6 is 0 Å². The van der Waals surface area contributed by atoms with Crippen LogP contribution in [0.1, 0.15) is 17.1 Å². The summed E-state index contributed by atoms with van der Waals surface area (Å²) >= 11 is 0. The molecule has 0 aliphatic carbocycles. The highest BCUT2D eigenvalue weighted by Crippen LogP contribution is 2.26. The molecule has 0 aliphatic heterocycles. The summed E-state index contributed by atoms with van der Waals surface area (Å²) in [5.41, 5.74) is 2.11. The zero-order valence-electron chi connectivity index (χ0n) is 13.6. The number of aromatic amines is 1. The third-order valence-electron chi connectivity index (χ3n) is 3.90. The number of halogens is 2. The van der Waals surface area contributed by atoms with Crippen LogP contribution < -0.4 is 0 Å². The summed E-state index contributed by atoms with van der Waals surface area (Å²) in [6, 6.07) is 7.82. The molecular weight excluding hydrogens is 326 g/mol. The van der Waals surface area contributed by atoms with Gasteiger partial charge in [-0.2, -0.15) is 10.2 Å². The predicted octanol–water partition coefficient (Wildman–Crippen LogP) is 3.16. The second-order valence-corrected chi connectivity index (χ2v) is 5.79. The van der Waals surface area contributed by atoms with E-state index in [1.54, 1.807) is 11.6 Å². The van der Waals surface area contributed by atoms with Gasteiger partial charge in [-0.25, -0.2) is 23.4 Å². The SMILES string of the molecule is Cc1ccc2c(-c3n[nH]c(C)n3)nn(Cc3cccc(F)c3F)c2n1. The second-order valence-electron chi connectivity index (χ2n) is 5.79. The number of rotatable bonds is 3. The maximum absolute atomic E-state index is 14.0. The number of fused-ring (bicyclic) bond motifs is 1. The van der Waals surface area contributed by atoms with Gasteiger partial charge in [0.05, 0.1) is 11.9 Å². The average molecular weight is 340 g/mol. The normalized spacial score (nSPS) is 11.4. The third kappa shape index (κ3) is 2.65. The molecule has 25 heavy (non-hydrogen) atoms. The number of hydrogen-bond donors (Lipinski definition) is 1. The van der Waals surface area contributed by atoms with Crippen molar-refractivity contribution in [2.75, 3.05) is 0 Å². The van der Waals surface area contributed by atoms with Crippen molar-refractivity contribution in [1.82, 2.24) is 29.9 Å². The Balaban J connectivity index is 1.89. The molecule has 0 atom stereocenters. The van der Waals surface area contributed by atoms with Gasteiger partial charge in [-0.05, 0) is 32.0 Å². The molecular formula is C17H14F2N6. The zero-order chi connectivity index (χ0) is 17.6. The van der Waals surface area contributed by atoms with Crippen molar-refractivity contribution < 1.29 is 8.78 Å². The Bertz CT molecular complexity index is 1080. The van der Waals surface area contributed by atoms with Crippen molar-refractivity contribution in [3.63, 3.8) is 0 Å². The van der Waals surface area contributed by atoms with Crippen molar-refractivity contribution in [3.8, 4) is 11.5 Å². The summed E-state index contributed by atoms with van der Waals surface area (Å²) in [6.45, 7) is 3.70. The number of pyridine rings is 1. The van der Waals surface area contributed by atoms with Gasteiger partial charge < -0.3 is 0 Å². The number of aryl methyl sites for hydroxylation is 2. The van der Waals surface area contributed by atoms with E-state index in [2.05, 4.69) is 25.3 Å². The third-order valence-corrected chi connectivity index (χ3v) is 3.90. The van der Waals surface area contributed by atoms with Gasteiger partial charge in [-0.15, -0.1) is 0 Å². The quantitative estimate of drug-likeness (QED) is 0.622. The van der Waals surface area contributed by atoms with E-state index in [1.807, 2.05) is 19.1 Å². The second kappa shape index (κ2) is 5.73. The Morgan fingerprint density at radius 3 is 2.68 bits per heavy atom. The van der Waals surface area contributed by atoms with Gasteiger partial charge in [-0.3, -0.25) is 5.10 Å². The minimum Gasteiger partial charge on any atom is -0.263 e. The van der Waals surface area contributed by atoms with Crippen LogP contribution in [0.15, 0.2) is 30.3 Å². The number of nitrogens with zero attached hydrogens (tertiary/aromatic N) is 5. The first-order chi connectivity index (χ1) is 12.0. The minimum absolute atomic E-state index is 0.0555. The van der Waals surface area contributed by atoms with Gasteiger partial charge >= 0.3 is 0 Å².